The highest BCUT2D eigenvalue weighted by Gasteiger charge is 2.31. The molecule has 0 saturated carbocycles. The van der Waals surface area contributed by atoms with E-state index in [-0.39, 0.29) is 6.54 Å². The zero-order chi connectivity index (χ0) is 17.9. The van der Waals surface area contributed by atoms with E-state index in [2.05, 4.69) is 10.4 Å². The zero-order valence-electron chi connectivity index (χ0n) is 13.9. The summed E-state index contributed by atoms with van der Waals surface area (Å²) in [5.41, 5.74) is 1.37. The van der Waals surface area contributed by atoms with E-state index in [1.54, 1.807) is 27.7 Å². The number of hydrogen-bond donors (Lipinski definition) is 2. The van der Waals surface area contributed by atoms with Gasteiger partial charge in [-0.1, -0.05) is 0 Å². The van der Waals surface area contributed by atoms with Gasteiger partial charge in [0.2, 0.25) is 0 Å². The highest BCUT2D eigenvalue weighted by molar-refractivity contribution is 5.74. The summed E-state index contributed by atoms with van der Waals surface area (Å²) in [4.78, 5) is 13.3. The van der Waals surface area contributed by atoms with Crippen LogP contribution in [0.1, 0.15) is 36.8 Å². The number of aryl methyl sites for hydroxylation is 1. The standard InChI is InChI=1S/C14H23F3N4O2/c1-8(22)6-20(5)13(23)18-9(2)12-10(3)19-21(11(12)4)7-14(15,16)17/h8-9,22H,6-7H2,1-5H3,(H,18,23). The molecule has 1 aromatic rings. The highest BCUT2D eigenvalue weighted by atomic mass is 19.4. The largest absolute Gasteiger partial charge is 0.408 e. The van der Waals surface area contributed by atoms with Crippen molar-refractivity contribution in [3.63, 3.8) is 0 Å². The van der Waals surface area contributed by atoms with Crippen molar-refractivity contribution in [1.82, 2.24) is 20.0 Å². The second kappa shape index (κ2) is 7.20. The number of hydrogen-bond acceptors (Lipinski definition) is 3. The predicted octanol–water partition coefficient (Wildman–Crippen LogP) is 2.15. The van der Waals surface area contributed by atoms with E-state index < -0.39 is 30.9 Å². The molecule has 2 amide bonds. The zero-order valence-corrected chi connectivity index (χ0v) is 13.9. The predicted molar refractivity (Wildman–Crippen MR) is 79.0 cm³/mol. The number of amides is 2. The van der Waals surface area contributed by atoms with E-state index in [9.17, 15) is 23.1 Å². The molecule has 2 unspecified atom stereocenters. The van der Waals surface area contributed by atoms with Crippen LogP contribution in [0.15, 0.2) is 0 Å². The summed E-state index contributed by atoms with van der Waals surface area (Å²) in [6.45, 7) is 5.39. The van der Waals surface area contributed by atoms with Crippen molar-refractivity contribution >= 4 is 6.03 Å². The molecule has 1 heterocycles. The van der Waals surface area contributed by atoms with Crippen molar-refractivity contribution < 1.29 is 23.1 Å². The average Bonchev–Trinajstić information content (AvgIpc) is 2.61. The Morgan fingerprint density at radius 3 is 2.43 bits per heavy atom. The molecule has 2 atom stereocenters. The van der Waals surface area contributed by atoms with Gasteiger partial charge in [0, 0.05) is 24.8 Å². The number of nitrogens with one attached hydrogen (secondary N) is 1. The quantitative estimate of drug-likeness (QED) is 0.865. The van der Waals surface area contributed by atoms with Crippen molar-refractivity contribution in [2.24, 2.45) is 0 Å². The summed E-state index contributed by atoms with van der Waals surface area (Å²) in [6.07, 6.45) is -5.02. The smallest absolute Gasteiger partial charge is 0.392 e. The number of urea groups is 1. The van der Waals surface area contributed by atoms with Crippen LogP contribution < -0.4 is 5.32 Å². The third-order valence-electron chi connectivity index (χ3n) is 3.42. The molecule has 0 aliphatic carbocycles. The number of carbonyl (C=O) groups excluding carboxylic acids is 1. The van der Waals surface area contributed by atoms with E-state index in [4.69, 9.17) is 0 Å². The fourth-order valence-electron chi connectivity index (χ4n) is 2.51. The van der Waals surface area contributed by atoms with Gasteiger partial charge in [-0.25, -0.2) is 4.79 Å². The Bertz CT molecular complexity index is 555. The summed E-state index contributed by atoms with van der Waals surface area (Å²) < 4.78 is 38.5. The maximum absolute atomic E-state index is 12.5. The Hall–Kier alpha value is -1.77. The molecule has 9 heteroatoms. The van der Waals surface area contributed by atoms with Gasteiger partial charge in [-0.15, -0.1) is 0 Å². The molecule has 0 radical (unpaired) electrons. The molecule has 1 aromatic heterocycles. The van der Waals surface area contributed by atoms with Gasteiger partial charge >= 0.3 is 12.2 Å². The Morgan fingerprint density at radius 1 is 1.39 bits per heavy atom. The van der Waals surface area contributed by atoms with Crippen molar-refractivity contribution in [2.45, 2.75) is 52.6 Å². The van der Waals surface area contributed by atoms with Crippen LogP contribution in [0.5, 0.6) is 0 Å². The van der Waals surface area contributed by atoms with Gasteiger partial charge in [0.15, 0.2) is 0 Å². The summed E-state index contributed by atoms with van der Waals surface area (Å²) in [5.74, 6) is 0. The molecular formula is C14H23F3N4O2. The molecule has 132 valence electrons. The summed E-state index contributed by atoms with van der Waals surface area (Å²) >= 11 is 0. The lowest BCUT2D eigenvalue weighted by Crippen LogP contribution is -2.41. The number of halogens is 3. The minimum atomic E-state index is -4.36. The Labute approximate surface area is 133 Å². The SMILES string of the molecule is Cc1nn(CC(F)(F)F)c(C)c1C(C)NC(=O)N(C)CC(C)O. The number of likely N-dealkylation sites (N-methyl/N-ethyl adjacent to an activating group) is 1. The van der Waals surface area contributed by atoms with Gasteiger partial charge in [0.1, 0.15) is 6.54 Å². The first-order chi connectivity index (χ1) is 10.4. The maximum Gasteiger partial charge on any atom is 0.408 e. The normalized spacial score (nSPS) is 14.5. The molecule has 2 N–H and O–H groups in total. The third kappa shape index (κ3) is 5.42. The van der Waals surface area contributed by atoms with Gasteiger partial charge in [0.25, 0.3) is 0 Å². The van der Waals surface area contributed by atoms with Gasteiger partial charge < -0.3 is 15.3 Å². The first-order valence-electron chi connectivity index (χ1n) is 7.22. The Morgan fingerprint density at radius 2 is 1.96 bits per heavy atom. The molecule has 0 spiro atoms. The second-order valence-corrected chi connectivity index (χ2v) is 5.76. The lowest BCUT2D eigenvalue weighted by Gasteiger charge is -2.22. The van der Waals surface area contributed by atoms with Gasteiger partial charge in [-0.3, -0.25) is 4.68 Å². The Kier molecular flexibility index (Phi) is 6.04. The maximum atomic E-state index is 12.5. The van der Waals surface area contributed by atoms with Crippen LogP contribution in [-0.4, -0.2) is 51.7 Å². The number of carbonyl (C=O) groups is 1. The summed E-state index contributed by atoms with van der Waals surface area (Å²) in [7, 11) is 1.53. The molecular weight excluding hydrogens is 313 g/mol. The first-order valence-corrected chi connectivity index (χ1v) is 7.22. The van der Waals surface area contributed by atoms with E-state index in [0.717, 1.165) is 4.68 Å². The average molecular weight is 336 g/mol. The molecule has 0 aliphatic heterocycles. The van der Waals surface area contributed by atoms with Crippen LogP contribution >= 0.6 is 0 Å². The molecule has 0 bridgehead atoms. The minimum Gasteiger partial charge on any atom is -0.392 e. The first kappa shape index (κ1) is 19.3. The van der Waals surface area contributed by atoms with Crippen LogP contribution in [-0.2, 0) is 6.54 Å². The molecule has 0 saturated heterocycles. The van der Waals surface area contributed by atoms with Crippen molar-refractivity contribution in [3.05, 3.63) is 17.0 Å². The van der Waals surface area contributed by atoms with Crippen LogP contribution in [0.4, 0.5) is 18.0 Å². The van der Waals surface area contributed by atoms with Gasteiger partial charge in [-0.05, 0) is 27.7 Å². The number of rotatable bonds is 5. The van der Waals surface area contributed by atoms with Crippen molar-refractivity contribution in [2.75, 3.05) is 13.6 Å². The number of nitrogens with zero attached hydrogens (tertiary/aromatic N) is 3. The van der Waals surface area contributed by atoms with Crippen molar-refractivity contribution in [1.29, 1.82) is 0 Å². The topological polar surface area (TPSA) is 70.4 Å². The van der Waals surface area contributed by atoms with E-state index in [1.807, 2.05) is 0 Å². The molecule has 0 aromatic carbocycles. The van der Waals surface area contributed by atoms with E-state index in [1.165, 1.54) is 11.9 Å². The van der Waals surface area contributed by atoms with Gasteiger partial charge in [-0.2, -0.15) is 18.3 Å². The second-order valence-electron chi connectivity index (χ2n) is 5.76. The van der Waals surface area contributed by atoms with Crippen LogP contribution in [0, 0.1) is 13.8 Å². The lowest BCUT2D eigenvalue weighted by atomic mass is 10.1. The minimum absolute atomic E-state index is 0.157. The van der Waals surface area contributed by atoms with E-state index >= 15 is 0 Å². The fourth-order valence-corrected chi connectivity index (χ4v) is 2.51. The van der Waals surface area contributed by atoms with Crippen LogP contribution in [0.3, 0.4) is 0 Å². The molecule has 1 rings (SSSR count). The molecule has 6 nitrogen and oxygen atoms in total. The number of aromatic nitrogens is 2. The third-order valence-corrected chi connectivity index (χ3v) is 3.42. The van der Waals surface area contributed by atoms with Gasteiger partial charge in [0.05, 0.1) is 17.8 Å². The number of alkyl halides is 3. The number of aliphatic hydroxyl groups excluding tert-OH is 1. The molecule has 0 aliphatic rings. The number of aliphatic hydroxyl groups is 1. The van der Waals surface area contributed by atoms with E-state index in [0.29, 0.717) is 17.0 Å². The molecule has 0 fully saturated rings. The lowest BCUT2D eigenvalue weighted by molar-refractivity contribution is -0.143. The highest BCUT2D eigenvalue weighted by Crippen LogP contribution is 2.25. The summed E-state index contributed by atoms with van der Waals surface area (Å²) in [6, 6.07) is -0.915. The fraction of sp³-hybridized carbons (Fsp3) is 0.714. The van der Waals surface area contributed by atoms with Crippen LogP contribution in [0.2, 0.25) is 0 Å². The monoisotopic (exact) mass is 336 g/mol. The van der Waals surface area contributed by atoms with Crippen LogP contribution in [0.25, 0.3) is 0 Å². The van der Waals surface area contributed by atoms with Crippen molar-refractivity contribution in [3.8, 4) is 0 Å². The summed E-state index contributed by atoms with van der Waals surface area (Å²) in [5, 5.41) is 15.9. The molecule has 23 heavy (non-hydrogen) atoms. The Balaban J connectivity index is 2.88.